The summed E-state index contributed by atoms with van der Waals surface area (Å²) in [6.07, 6.45) is 2.57. The number of carbonyl (C=O) groups is 1. The van der Waals surface area contributed by atoms with Crippen LogP contribution in [0.1, 0.15) is 37.0 Å². The predicted octanol–water partition coefficient (Wildman–Crippen LogP) is 0.917. The normalized spacial score (nSPS) is 25.4. The van der Waals surface area contributed by atoms with Crippen LogP contribution in [0.2, 0.25) is 0 Å². The van der Waals surface area contributed by atoms with Gasteiger partial charge in [-0.25, -0.2) is 13.2 Å². The molecule has 0 radical (unpaired) electrons. The van der Waals surface area contributed by atoms with Crippen LogP contribution in [0.5, 0.6) is 0 Å². The summed E-state index contributed by atoms with van der Waals surface area (Å²) < 4.78 is 26.3. The summed E-state index contributed by atoms with van der Waals surface area (Å²) in [5, 5.41) is 14.5. The molecule has 0 saturated carbocycles. The average molecular weight is 287 g/mol. The highest BCUT2D eigenvalue weighted by molar-refractivity contribution is 7.89. The third kappa shape index (κ3) is 2.50. The van der Waals surface area contributed by atoms with Gasteiger partial charge < -0.3 is 5.11 Å². The van der Waals surface area contributed by atoms with E-state index in [0.29, 0.717) is 12.5 Å². The van der Waals surface area contributed by atoms with Gasteiger partial charge in [0.25, 0.3) is 10.0 Å². The first-order valence-electron chi connectivity index (χ1n) is 6.12. The maximum atomic E-state index is 12.5. The highest BCUT2D eigenvalue weighted by Gasteiger charge is 2.36. The Balaban J connectivity index is 2.37. The highest BCUT2D eigenvalue weighted by Crippen LogP contribution is 2.28. The lowest BCUT2D eigenvalue weighted by Crippen LogP contribution is -2.44. The van der Waals surface area contributed by atoms with Crippen LogP contribution < -0.4 is 0 Å². The smallest absolute Gasteiger partial charge is 0.340 e. The number of hydrogen-bond donors (Lipinski definition) is 2. The van der Waals surface area contributed by atoms with E-state index < -0.39 is 16.0 Å². The van der Waals surface area contributed by atoms with Gasteiger partial charge >= 0.3 is 5.97 Å². The van der Waals surface area contributed by atoms with Crippen molar-refractivity contribution < 1.29 is 18.3 Å². The van der Waals surface area contributed by atoms with Crippen LogP contribution in [0, 0.1) is 5.92 Å². The number of nitrogens with zero attached hydrogens (tertiary/aromatic N) is 2. The molecule has 7 nitrogen and oxygen atoms in total. The standard InChI is InChI=1S/C11H17N3O4S/c1-7-3-4-14(8(2)5-7)19(17,18)10-9(11(15)16)6-12-13-10/h6-8H,3-5H2,1-2H3,(H,12,13)(H,15,16). The summed E-state index contributed by atoms with van der Waals surface area (Å²) in [6, 6.07) is -0.140. The Morgan fingerprint density at radius 3 is 2.79 bits per heavy atom. The lowest BCUT2D eigenvalue weighted by atomic mass is 9.95. The van der Waals surface area contributed by atoms with Gasteiger partial charge in [0.2, 0.25) is 0 Å². The van der Waals surface area contributed by atoms with E-state index in [-0.39, 0.29) is 16.6 Å². The summed E-state index contributed by atoms with van der Waals surface area (Å²) in [7, 11) is -3.83. The zero-order chi connectivity index (χ0) is 14.2. The van der Waals surface area contributed by atoms with Crippen LogP contribution in [0.15, 0.2) is 11.2 Å². The molecule has 2 heterocycles. The average Bonchev–Trinajstić information content (AvgIpc) is 2.77. The largest absolute Gasteiger partial charge is 0.478 e. The summed E-state index contributed by atoms with van der Waals surface area (Å²) in [4.78, 5) is 11.0. The zero-order valence-corrected chi connectivity index (χ0v) is 11.6. The second-order valence-electron chi connectivity index (χ2n) is 5.01. The van der Waals surface area contributed by atoms with Gasteiger partial charge in [-0.05, 0) is 25.7 Å². The van der Waals surface area contributed by atoms with E-state index in [4.69, 9.17) is 5.11 Å². The Labute approximate surface area is 111 Å². The number of nitrogens with one attached hydrogen (secondary N) is 1. The SMILES string of the molecule is CC1CCN(S(=O)(=O)c2[nH]ncc2C(=O)O)C(C)C1. The molecule has 19 heavy (non-hydrogen) atoms. The van der Waals surface area contributed by atoms with Crippen LogP contribution in [0.4, 0.5) is 0 Å². The third-order valence-corrected chi connectivity index (χ3v) is 5.47. The number of sulfonamides is 1. The molecule has 0 aromatic carbocycles. The van der Waals surface area contributed by atoms with E-state index in [1.54, 1.807) is 0 Å². The summed E-state index contributed by atoms with van der Waals surface area (Å²) in [5.74, 6) is -0.826. The fourth-order valence-corrected chi connectivity index (χ4v) is 4.21. The molecule has 2 atom stereocenters. The monoisotopic (exact) mass is 287 g/mol. The zero-order valence-electron chi connectivity index (χ0n) is 10.8. The van der Waals surface area contributed by atoms with E-state index in [2.05, 4.69) is 17.1 Å². The molecule has 2 rings (SSSR count). The predicted molar refractivity (Wildman–Crippen MR) is 67.3 cm³/mol. The van der Waals surface area contributed by atoms with E-state index in [1.807, 2.05) is 6.92 Å². The summed E-state index contributed by atoms with van der Waals surface area (Å²) >= 11 is 0. The van der Waals surface area contributed by atoms with Crippen molar-refractivity contribution in [2.24, 2.45) is 5.92 Å². The summed E-state index contributed by atoms with van der Waals surface area (Å²) in [6.45, 7) is 4.33. The van der Waals surface area contributed by atoms with Crippen LogP contribution >= 0.6 is 0 Å². The Bertz CT molecular complexity index is 581. The topological polar surface area (TPSA) is 103 Å². The molecule has 0 bridgehead atoms. The van der Waals surface area contributed by atoms with Gasteiger partial charge in [0, 0.05) is 12.6 Å². The lowest BCUT2D eigenvalue weighted by Gasteiger charge is -2.35. The quantitative estimate of drug-likeness (QED) is 0.860. The second-order valence-corrected chi connectivity index (χ2v) is 6.84. The minimum atomic E-state index is -3.83. The minimum Gasteiger partial charge on any atom is -0.478 e. The van der Waals surface area contributed by atoms with Gasteiger partial charge in [-0.3, -0.25) is 5.10 Å². The van der Waals surface area contributed by atoms with E-state index in [1.165, 1.54) is 4.31 Å². The molecule has 2 N–H and O–H groups in total. The first kappa shape index (κ1) is 14.0. The lowest BCUT2D eigenvalue weighted by molar-refractivity contribution is 0.0692. The molecule has 8 heteroatoms. The van der Waals surface area contributed by atoms with Crippen LogP contribution in [0.25, 0.3) is 0 Å². The molecule has 0 aliphatic carbocycles. The Kier molecular flexibility index (Phi) is 3.64. The Morgan fingerprint density at radius 2 is 2.21 bits per heavy atom. The minimum absolute atomic E-state index is 0.140. The molecule has 0 amide bonds. The number of carboxylic acids is 1. The van der Waals surface area contributed by atoms with E-state index in [0.717, 1.165) is 19.0 Å². The molecule has 1 fully saturated rings. The number of H-pyrrole nitrogens is 1. The third-order valence-electron chi connectivity index (χ3n) is 3.48. The maximum absolute atomic E-state index is 12.5. The first-order chi connectivity index (χ1) is 8.84. The van der Waals surface area contributed by atoms with E-state index in [9.17, 15) is 13.2 Å². The fourth-order valence-electron chi connectivity index (χ4n) is 2.48. The Hall–Kier alpha value is -1.41. The van der Waals surface area contributed by atoms with Gasteiger partial charge in [-0.2, -0.15) is 9.40 Å². The first-order valence-corrected chi connectivity index (χ1v) is 7.56. The molecular weight excluding hydrogens is 270 g/mol. The van der Waals surface area contributed by atoms with Crippen molar-refractivity contribution in [2.75, 3.05) is 6.54 Å². The number of rotatable bonds is 3. The number of piperidine rings is 1. The van der Waals surface area contributed by atoms with Crippen LogP contribution in [-0.4, -0.2) is 46.6 Å². The Morgan fingerprint density at radius 1 is 1.53 bits per heavy atom. The molecular formula is C11H17N3O4S. The number of aromatic nitrogens is 2. The van der Waals surface area contributed by atoms with Gasteiger partial charge in [-0.1, -0.05) is 6.92 Å². The number of aromatic amines is 1. The maximum Gasteiger partial charge on any atom is 0.340 e. The molecule has 106 valence electrons. The molecule has 0 spiro atoms. The number of hydrogen-bond acceptors (Lipinski definition) is 4. The van der Waals surface area contributed by atoms with Gasteiger partial charge in [0.15, 0.2) is 5.03 Å². The molecule has 1 saturated heterocycles. The number of carboxylic acid groups (broad SMARTS) is 1. The molecule has 1 aromatic heterocycles. The molecule has 2 unspecified atom stereocenters. The van der Waals surface area contributed by atoms with Crippen molar-refractivity contribution >= 4 is 16.0 Å². The van der Waals surface area contributed by atoms with E-state index >= 15 is 0 Å². The van der Waals surface area contributed by atoms with Crippen molar-refractivity contribution in [2.45, 2.75) is 37.8 Å². The fraction of sp³-hybridized carbons (Fsp3) is 0.636. The highest BCUT2D eigenvalue weighted by atomic mass is 32.2. The van der Waals surface area contributed by atoms with Crippen LogP contribution in [-0.2, 0) is 10.0 Å². The second kappa shape index (κ2) is 4.93. The van der Waals surface area contributed by atoms with Crippen LogP contribution in [0.3, 0.4) is 0 Å². The van der Waals surface area contributed by atoms with Crippen molar-refractivity contribution in [1.82, 2.24) is 14.5 Å². The van der Waals surface area contributed by atoms with Crippen molar-refractivity contribution in [1.29, 1.82) is 0 Å². The van der Waals surface area contributed by atoms with Gasteiger partial charge in [0.1, 0.15) is 5.56 Å². The van der Waals surface area contributed by atoms with Gasteiger partial charge in [0.05, 0.1) is 6.20 Å². The van der Waals surface area contributed by atoms with Gasteiger partial charge in [-0.15, -0.1) is 0 Å². The molecule has 1 aliphatic rings. The van der Waals surface area contributed by atoms with Crippen molar-refractivity contribution in [3.05, 3.63) is 11.8 Å². The summed E-state index contributed by atoms with van der Waals surface area (Å²) in [5.41, 5.74) is -0.314. The van der Waals surface area contributed by atoms with Crippen molar-refractivity contribution in [3.8, 4) is 0 Å². The van der Waals surface area contributed by atoms with Crippen molar-refractivity contribution in [3.63, 3.8) is 0 Å². The molecule has 1 aromatic rings. The number of aromatic carboxylic acids is 1. The molecule has 1 aliphatic heterocycles.